The molecule has 0 saturated carbocycles. The van der Waals surface area contributed by atoms with Crippen molar-refractivity contribution in [3.8, 4) is 5.75 Å². The second kappa shape index (κ2) is 5.73. The van der Waals surface area contributed by atoms with Crippen molar-refractivity contribution >= 4 is 12.0 Å². The third-order valence-corrected chi connectivity index (χ3v) is 1.73. The summed E-state index contributed by atoms with van der Waals surface area (Å²) in [4.78, 5) is 24.3. The predicted molar refractivity (Wildman–Crippen MR) is 54.7 cm³/mol. The summed E-state index contributed by atoms with van der Waals surface area (Å²) >= 11 is 0. The third kappa shape index (κ3) is 3.04. The zero-order valence-electron chi connectivity index (χ0n) is 8.40. The number of rotatable bonds is 4. The molecule has 0 saturated heterocycles. The van der Waals surface area contributed by atoms with E-state index in [0.29, 0.717) is 12.4 Å². The van der Waals surface area contributed by atoms with Crippen LogP contribution in [0, 0.1) is 0 Å². The molecule has 1 aromatic carbocycles. The fraction of sp³-hybridized carbons (Fsp3) is 0.273. The number of amides is 1. The van der Waals surface area contributed by atoms with Crippen LogP contribution in [0.15, 0.2) is 29.3 Å². The highest BCUT2D eigenvalue weighted by Crippen LogP contribution is 2.18. The van der Waals surface area contributed by atoms with Crippen LogP contribution in [0.5, 0.6) is 5.75 Å². The van der Waals surface area contributed by atoms with Crippen molar-refractivity contribution in [1.29, 1.82) is 0 Å². The molecule has 78 valence electrons. The number of para-hydroxylation sites is 1. The van der Waals surface area contributed by atoms with Crippen molar-refractivity contribution in [1.82, 2.24) is 0 Å². The van der Waals surface area contributed by atoms with Gasteiger partial charge in [-0.05, 0) is 18.6 Å². The van der Waals surface area contributed by atoms with Crippen molar-refractivity contribution in [3.63, 3.8) is 0 Å². The van der Waals surface area contributed by atoms with E-state index in [4.69, 9.17) is 4.74 Å². The van der Waals surface area contributed by atoms with Gasteiger partial charge >= 0.3 is 0 Å². The van der Waals surface area contributed by atoms with E-state index in [1.807, 2.05) is 6.92 Å². The number of ether oxygens (including phenoxy) is 1. The third-order valence-electron chi connectivity index (χ3n) is 1.73. The summed E-state index contributed by atoms with van der Waals surface area (Å²) in [6, 6.07) is 6.68. The number of isocyanates is 1. The fourth-order valence-electron chi connectivity index (χ4n) is 1.08. The molecule has 0 bridgehead atoms. The SMILES string of the molecule is CCCOc1ccccc1C(=O)N=C=O. The van der Waals surface area contributed by atoms with Gasteiger partial charge in [0, 0.05) is 0 Å². The van der Waals surface area contributed by atoms with Gasteiger partial charge in [-0.25, -0.2) is 4.79 Å². The van der Waals surface area contributed by atoms with Crippen molar-refractivity contribution in [2.75, 3.05) is 6.61 Å². The lowest BCUT2D eigenvalue weighted by Crippen LogP contribution is -2.02. The second-order valence-electron chi connectivity index (χ2n) is 2.85. The number of benzene rings is 1. The standard InChI is InChI=1S/C11H11NO3/c1-2-7-15-10-6-4-3-5-9(10)11(14)12-8-13/h3-6H,2,7H2,1H3. The first-order valence-corrected chi connectivity index (χ1v) is 4.63. The Kier molecular flexibility index (Phi) is 4.26. The molecule has 0 aliphatic rings. The maximum Gasteiger partial charge on any atom is 0.291 e. The van der Waals surface area contributed by atoms with Gasteiger partial charge in [0.15, 0.2) is 0 Å². The molecular formula is C11H11NO3. The van der Waals surface area contributed by atoms with Crippen molar-refractivity contribution in [3.05, 3.63) is 29.8 Å². The Labute approximate surface area is 87.6 Å². The van der Waals surface area contributed by atoms with E-state index in [0.717, 1.165) is 6.42 Å². The van der Waals surface area contributed by atoms with E-state index in [2.05, 4.69) is 4.99 Å². The van der Waals surface area contributed by atoms with Crippen LogP contribution in [0.2, 0.25) is 0 Å². The summed E-state index contributed by atoms with van der Waals surface area (Å²) < 4.78 is 5.34. The van der Waals surface area contributed by atoms with Gasteiger partial charge in [0.2, 0.25) is 6.08 Å². The van der Waals surface area contributed by atoms with Crippen LogP contribution in [0.4, 0.5) is 0 Å². The minimum Gasteiger partial charge on any atom is -0.493 e. The molecular weight excluding hydrogens is 194 g/mol. The molecule has 1 aromatic rings. The van der Waals surface area contributed by atoms with E-state index in [-0.39, 0.29) is 5.56 Å². The topological polar surface area (TPSA) is 55.7 Å². The van der Waals surface area contributed by atoms with Crippen LogP contribution in [0.25, 0.3) is 0 Å². The number of nitrogens with zero attached hydrogens (tertiary/aromatic N) is 1. The average molecular weight is 205 g/mol. The molecule has 0 aliphatic carbocycles. The second-order valence-corrected chi connectivity index (χ2v) is 2.85. The molecule has 0 N–H and O–H groups in total. The Balaban J connectivity index is 2.95. The van der Waals surface area contributed by atoms with Crippen molar-refractivity contribution in [2.24, 2.45) is 4.99 Å². The van der Waals surface area contributed by atoms with Crippen LogP contribution in [0.1, 0.15) is 23.7 Å². The van der Waals surface area contributed by atoms with Crippen LogP contribution in [-0.4, -0.2) is 18.6 Å². The monoisotopic (exact) mass is 205 g/mol. The molecule has 4 nitrogen and oxygen atoms in total. The van der Waals surface area contributed by atoms with E-state index >= 15 is 0 Å². The van der Waals surface area contributed by atoms with Gasteiger partial charge in [0.1, 0.15) is 5.75 Å². The average Bonchev–Trinajstić information content (AvgIpc) is 2.27. The maximum atomic E-state index is 11.3. The first kappa shape index (κ1) is 11.1. The summed E-state index contributed by atoms with van der Waals surface area (Å²) in [7, 11) is 0. The number of hydrogen-bond donors (Lipinski definition) is 0. The number of carbonyl (C=O) groups excluding carboxylic acids is 2. The largest absolute Gasteiger partial charge is 0.493 e. The molecule has 0 fully saturated rings. The summed E-state index contributed by atoms with van der Waals surface area (Å²) in [6.07, 6.45) is 2.07. The summed E-state index contributed by atoms with van der Waals surface area (Å²) in [6.45, 7) is 2.49. The Morgan fingerprint density at radius 2 is 2.20 bits per heavy atom. The molecule has 0 aromatic heterocycles. The van der Waals surface area contributed by atoms with Gasteiger partial charge in [-0.3, -0.25) is 4.79 Å². The van der Waals surface area contributed by atoms with E-state index in [1.165, 1.54) is 6.08 Å². The first-order chi connectivity index (χ1) is 7.29. The smallest absolute Gasteiger partial charge is 0.291 e. The van der Waals surface area contributed by atoms with Crippen LogP contribution >= 0.6 is 0 Å². The highest BCUT2D eigenvalue weighted by Gasteiger charge is 2.10. The zero-order chi connectivity index (χ0) is 11.1. The van der Waals surface area contributed by atoms with Crippen LogP contribution in [-0.2, 0) is 4.79 Å². The van der Waals surface area contributed by atoms with E-state index in [9.17, 15) is 9.59 Å². The van der Waals surface area contributed by atoms with Crippen molar-refractivity contribution < 1.29 is 14.3 Å². The van der Waals surface area contributed by atoms with Crippen LogP contribution in [0.3, 0.4) is 0 Å². The molecule has 4 heteroatoms. The van der Waals surface area contributed by atoms with Gasteiger partial charge in [-0.2, -0.15) is 0 Å². The molecule has 15 heavy (non-hydrogen) atoms. The van der Waals surface area contributed by atoms with Crippen molar-refractivity contribution in [2.45, 2.75) is 13.3 Å². The van der Waals surface area contributed by atoms with Gasteiger partial charge in [-0.15, -0.1) is 4.99 Å². The molecule has 0 atom stereocenters. The van der Waals surface area contributed by atoms with E-state index in [1.54, 1.807) is 24.3 Å². The number of carbonyl (C=O) groups is 1. The molecule has 0 heterocycles. The Bertz CT molecular complexity index is 395. The Morgan fingerprint density at radius 3 is 2.87 bits per heavy atom. The quantitative estimate of drug-likeness (QED) is 0.557. The molecule has 0 radical (unpaired) electrons. The van der Waals surface area contributed by atoms with Gasteiger partial charge in [0.25, 0.3) is 5.91 Å². The van der Waals surface area contributed by atoms with Crippen LogP contribution < -0.4 is 4.74 Å². The first-order valence-electron chi connectivity index (χ1n) is 4.63. The predicted octanol–water partition coefficient (Wildman–Crippen LogP) is 1.95. The molecule has 1 rings (SSSR count). The minimum atomic E-state index is -0.628. The lowest BCUT2D eigenvalue weighted by Gasteiger charge is -2.06. The minimum absolute atomic E-state index is 0.286. The highest BCUT2D eigenvalue weighted by atomic mass is 16.5. The van der Waals surface area contributed by atoms with Gasteiger partial charge in [-0.1, -0.05) is 19.1 Å². The highest BCUT2D eigenvalue weighted by molar-refractivity contribution is 5.99. The van der Waals surface area contributed by atoms with Gasteiger partial charge in [0.05, 0.1) is 12.2 Å². The summed E-state index contributed by atoms with van der Waals surface area (Å²) in [5, 5.41) is 0. The van der Waals surface area contributed by atoms with E-state index < -0.39 is 5.91 Å². The Hall–Kier alpha value is -1.93. The summed E-state index contributed by atoms with van der Waals surface area (Å²) in [5.74, 6) is -0.181. The molecule has 1 amide bonds. The number of aliphatic imine (C=N–C) groups is 1. The van der Waals surface area contributed by atoms with Gasteiger partial charge < -0.3 is 4.74 Å². The normalized spacial score (nSPS) is 9.13. The summed E-state index contributed by atoms with van der Waals surface area (Å²) in [5.41, 5.74) is 0.286. The fourth-order valence-corrected chi connectivity index (χ4v) is 1.08. The zero-order valence-corrected chi connectivity index (χ0v) is 8.40. The Morgan fingerprint density at radius 1 is 1.47 bits per heavy atom. The number of hydrogen-bond acceptors (Lipinski definition) is 3. The molecule has 0 unspecified atom stereocenters. The lowest BCUT2D eigenvalue weighted by molar-refractivity contribution is 0.0999. The lowest BCUT2D eigenvalue weighted by atomic mass is 10.2. The maximum absolute atomic E-state index is 11.3. The molecule has 0 aliphatic heterocycles. The molecule has 0 spiro atoms.